The third-order valence-corrected chi connectivity index (χ3v) is 2.84. The fraction of sp³-hybridized carbons (Fsp3) is 0.417. The van der Waals surface area contributed by atoms with Crippen LogP contribution in [0.4, 0.5) is 0 Å². The number of hydrogen-bond acceptors (Lipinski definition) is 2. The Kier molecular flexibility index (Phi) is 3.17. The summed E-state index contributed by atoms with van der Waals surface area (Å²) in [4.78, 5) is 0. The van der Waals surface area contributed by atoms with E-state index in [0.29, 0.717) is 11.4 Å². The molecular formula is C12H15ClN2O. The Morgan fingerprint density at radius 1 is 1.44 bits per heavy atom. The van der Waals surface area contributed by atoms with Crippen LogP contribution in [0.25, 0.3) is 10.9 Å². The van der Waals surface area contributed by atoms with E-state index in [-0.39, 0.29) is 12.6 Å². The first-order valence-electron chi connectivity index (χ1n) is 5.41. The Bertz CT molecular complexity index is 505. The van der Waals surface area contributed by atoms with Crippen LogP contribution in [0, 0.1) is 0 Å². The number of aliphatic hydroxyl groups is 1. The molecule has 0 fully saturated rings. The normalized spacial score (nSPS) is 11.6. The molecule has 0 aliphatic heterocycles. The molecule has 0 unspecified atom stereocenters. The second-order valence-electron chi connectivity index (χ2n) is 4.12. The van der Waals surface area contributed by atoms with E-state index in [4.69, 9.17) is 16.7 Å². The first-order chi connectivity index (χ1) is 7.63. The number of benzene rings is 1. The molecule has 0 radical (unpaired) electrons. The summed E-state index contributed by atoms with van der Waals surface area (Å²) in [6, 6.07) is 5.97. The van der Waals surface area contributed by atoms with E-state index in [9.17, 15) is 0 Å². The van der Waals surface area contributed by atoms with Crippen LogP contribution in [-0.4, -0.2) is 21.5 Å². The predicted molar refractivity (Wildman–Crippen MR) is 65.9 cm³/mol. The van der Waals surface area contributed by atoms with Gasteiger partial charge in [-0.1, -0.05) is 11.6 Å². The van der Waals surface area contributed by atoms with Gasteiger partial charge in [-0.25, -0.2) is 0 Å². The third kappa shape index (κ3) is 1.93. The lowest BCUT2D eigenvalue weighted by Gasteiger charge is -2.09. The summed E-state index contributed by atoms with van der Waals surface area (Å²) in [5, 5.41) is 15.4. The van der Waals surface area contributed by atoms with Gasteiger partial charge in [-0.3, -0.25) is 4.68 Å². The topological polar surface area (TPSA) is 38.0 Å². The summed E-state index contributed by atoms with van der Waals surface area (Å²) in [7, 11) is 0. The Balaban J connectivity index is 2.65. The van der Waals surface area contributed by atoms with E-state index < -0.39 is 0 Å². The summed E-state index contributed by atoms with van der Waals surface area (Å²) in [5.74, 6) is 0. The van der Waals surface area contributed by atoms with E-state index in [0.717, 1.165) is 16.6 Å². The van der Waals surface area contributed by atoms with E-state index in [1.807, 2.05) is 22.9 Å². The van der Waals surface area contributed by atoms with Crippen molar-refractivity contribution in [1.29, 1.82) is 0 Å². The molecule has 0 aliphatic rings. The first-order valence-corrected chi connectivity index (χ1v) is 5.78. The van der Waals surface area contributed by atoms with Crippen LogP contribution in [0.15, 0.2) is 18.2 Å². The smallest absolute Gasteiger partial charge is 0.0941 e. The van der Waals surface area contributed by atoms with Crippen LogP contribution < -0.4 is 0 Å². The molecule has 1 N–H and O–H groups in total. The second kappa shape index (κ2) is 4.44. The number of hydrogen-bond donors (Lipinski definition) is 1. The van der Waals surface area contributed by atoms with Gasteiger partial charge in [0.05, 0.1) is 5.52 Å². The van der Waals surface area contributed by atoms with Crippen molar-refractivity contribution in [1.82, 2.24) is 9.78 Å². The molecule has 0 atom stereocenters. The van der Waals surface area contributed by atoms with E-state index in [2.05, 4.69) is 18.9 Å². The van der Waals surface area contributed by atoms with Gasteiger partial charge in [0.2, 0.25) is 0 Å². The van der Waals surface area contributed by atoms with Crippen LogP contribution >= 0.6 is 11.6 Å². The van der Waals surface area contributed by atoms with Crippen molar-refractivity contribution in [3.05, 3.63) is 28.9 Å². The Labute approximate surface area is 99.6 Å². The zero-order valence-electron chi connectivity index (χ0n) is 9.44. The fourth-order valence-electron chi connectivity index (χ4n) is 1.91. The molecule has 1 aromatic heterocycles. The number of aliphatic hydroxyl groups excluding tert-OH is 1. The summed E-state index contributed by atoms with van der Waals surface area (Å²) in [6.45, 7) is 4.29. The maximum absolute atomic E-state index is 9.09. The van der Waals surface area contributed by atoms with Crippen molar-refractivity contribution in [3.8, 4) is 0 Å². The fourth-order valence-corrected chi connectivity index (χ4v) is 2.08. The highest BCUT2D eigenvalue weighted by Crippen LogP contribution is 2.24. The van der Waals surface area contributed by atoms with Gasteiger partial charge in [-0.15, -0.1) is 0 Å². The Hall–Kier alpha value is -1.06. The van der Waals surface area contributed by atoms with Crippen molar-refractivity contribution in [2.45, 2.75) is 26.3 Å². The summed E-state index contributed by atoms with van der Waals surface area (Å²) in [6.07, 6.45) is 0.621. The number of rotatable bonds is 3. The molecule has 16 heavy (non-hydrogen) atoms. The third-order valence-electron chi connectivity index (χ3n) is 2.60. The van der Waals surface area contributed by atoms with Gasteiger partial charge < -0.3 is 5.11 Å². The minimum absolute atomic E-state index is 0.135. The second-order valence-corrected chi connectivity index (χ2v) is 4.56. The van der Waals surface area contributed by atoms with Crippen LogP contribution in [-0.2, 0) is 6.42 Å². The van der Waals surface area contributed by atoms with Crippen molar-refractivity contribution < 1.29 is 5.11 Å². The quantitative estimate of drug-likeness (QED) is 0.893. The lowest BCUT2D eigenvalue weighted by Crippen LogP contribution is -2.08. The molecule has 1 aromatic carbocycles. The van der Waals surface area contributed by atoms with E-state index in [1.54, 1.807) is 0 Å². The molecule has 0 amide bonds. The van der Waals surface area contributed by atoms with Crippen molar-refractivity contribution in [2.24, 2.45) is 0 Å². The maximum Gasteiger partial charge on any atom is 0.0941 e. The molecular weight excluding hydrogens is 224 g/mol. The van der Waals surface area contributed by atoms with Crippen LogP contribution in [0.1, 0.15) is 25.6 Å². The molecule has 0 spiro atoms. The highest BCUT2D eigenvalue weighted by Gasteiger charge is 2.12. The molecule has 3 nitrogen and oxygen atoms in total. The van der Waals surface area contributed by atoms with Gasteiger partial charge in [-0.05, 0) is 32.0 Å². The molecule has 4 heteroatoms. The number of halogens is 1. The monoisotopic (exact) mass is 238 g/mol. The Morgan fingerprint density at radius 2 is 2.19 bits per heavy atom. The van der Waals surface area contributed by atoms with Crippen molar-refractivity contribution in [3.63, 3.8) is 0 Å². The zero-order valence-corrected chi connectivity index (χ0v) is 10.2. The molecule has 86 valence electrons. The maximum atomic E-state index is 9.09. The van der Waals surface area contributed by atoms with Crippen LogP contribution in [0.3, 0.4) is 0 Å². The van der Waals surface area contributed by atoms with Gasteiger partial charge in [0.25, 0.3) is 0 Å². The van der Waals surface area contributed by atoms with Crippen molar-refractivity contribution >= 4 is 22.5 Å². The molecule has 0 saturated carbocycles. The molecule has 0 aliphatic carbocycles. The van der Waals surface area contributed by atoms with Gasteiger partial charge in [0.1, 0.15) is 0 Å². The summed E-state index contributed by atoms with van der Waals surface area (Å²) < 4.78 is 1.96. The molecule has 0 bridgehead atoms. The minimum atomic E-state index is 0.135. The molecule has 2 aromatic rings. The molecule has 2 rings (SSSR count). The highest BCUT2D eigenvalue weighted by atomic mass is 35.5. The largest absolute Gasteiger partial charge is 0.396 e. The Morgan fingerprint density at radius 3 is 2.81 bits per heavy atom. The van der Waals surface area contributed by atoms with Gasteiger partial charge >= 0.3 is 0 Å². The van der Waals surface area contributed by atoms with Gasteiger partial charge in [-0.2, -0.15) is 5.10 Å². The standard InChI is InChI=1S/C12H15ClN2O/c1-8(2)15-12(5-6-16)10-4-3-9(13)7-11(10)14-15/h3-4,7-8,16H,5-6H2,1-2H3. The number of fused-ring (bicyclic) bond motifs is 1. The summed E-state index contributed by atoms with van der Waals surface area (Å²) in [5.41, 5.74) is 1.97. The van der Waals surface area contributed by atoms with Gasteiger partial charge in [0, 0.05) is 35.2 Å². The van der Waals surface area contributed by atoms with Crippen LogP contribution in [0.5, 0.6) is 0 Å². The van der Waals surface area contributed by atoms with Gasteiger partial charge in [0.15, 0.2) is 0 Å². The first kappa shape index (κ1) is 11.4. The average Bonchev–Trinajstić information content (AvgIpc) is 2.57. The van der Waals surface area contributed by atoms with Crippen LogP contribution in [0.2, 0.25) is 5.02 Å². The molecule has 0 saturated heterocycles. The lowest BCUT2D eigenvalue weighted by atomic mass is 10.1. The average molecular weight is 239 g/mol. The highest BCUT2D eigenvalue weighted by molar-refractivity contribution is 6.31. The van der Waals surface area contributed by atoms with E-state index >= 15 is 0 Å². The van der Waals surface area contributed by atoms with E-state index in [1.165, 1.54) is 0 Å². The number of nitrogens with zero attached hydrogens (tertiary/aromatic N) is 2. The minimum Gasteiger partial charge on any atom is -0.396 e. The zero-order chi connectivity index (χ0) is 11.7. The lowest BCUT2D eigenvalue weighted by molar-refractivity contribution is 0.294. The SMILES string of the molecule is CC(C)n1nc2cc(Cl)ccc2c1CCO. The predicted octanol–water partition coefficient (Wildman–Crippen LogP) is 2.81. The summed E-state index contributed by atoms with van der Waals surface area (Å²) >= 11 is 5.94. The van der Waals surface area contributed by atoms with Crippen molar-refractivity contribution in [2.75, 3.05) is 6.61 Å². The number of aromatic nitrogens is 2. The molecule has 1 heterocycles.